The minimum absolute atomic E-state index is 0.0737. The third-order valence-electron chi connectivity index (χ3n) is 2.76. The maximum atomic E-state index is 11.3. The lowest BCUT2D eigenvalue weighted by Gasteiger charge is -2.10. The molecule has 0 saturated heterocycles. The summed E-state index contributed by atoms with van der Waals surface area (Å²) in [5.74, 6) is -0.439. The van der Waals surface area contributed by atoms with Gasteiger partial charge in [-0.2, -0.15) is 0 Å². The van der Waals surface area contributed by atoms with Gasteiger partial charge in [-0.3, -0.25) is 0 Å². The van der Waals surface area contributed by atoms with Crippen LogP contribution in [0.3, 0.4) is 0 Å². The predicted molar refractivity (Wildman–Crippen MR) is 73.2 cm³/mol. The first-order chi connectivity index (χ1) is 9.61. The lowest BCUT2D eigenvalue weighted by atomic mass is 10.1. The van der Waals surface area contributed by atoms with Crippen LogP contribution in [0.25, 0.3) is 0 Å². The van der Waals surface area contributed by atoms with Crippen molar-refractivity contribution < 1.29 is 19.4 Å². The van der Waals surface area contributed by atoms with Gasteiger partial charge in [0.2, 0.25) is 5.88 Å². The van der Waals surface area contributed by atoms with Crippen LogP contribution in [0.1, 0.15) is 21.5 Å². The van der Waals surface area contributed by atoms with Gasteiger partial charge in [-0.15, -0.1) is 0 Å². The molecule has 0 saturated carbocycles. The Morgan fingerprint density at radius 1 is 1.35 bits per heavy atom. The number of carboxylic acid groups (broad SMARTS) is 1. The minimum atomic E-state index is -1.06. The van der Waals surface area contributed by atoms with E-state index in [2.05, 4.69) is 4.98 Å². The van der Waals surface area contributed by atoms with Gasteiger partial charge in [0.25, 0.3) is 0 Å². The fraction of sp³-hybridized carbons (Fsp3) is 0.200. The number of nitrogens with zero attached hydrogens (tertiary/aromatic N) is 1. The molecule has 20 heavy (non-hydrogen) atoms. The maximum Gasteiger partial charge on any atom is 0.341 e. The molecule has 2 rings (SSSR count). The van der Waals surface area contributed by atoms with Crippen molar-refractivity contribution in [2.24, 2.45) is 0 Å². The third-order valence-corrected chi connectivity index (χ3v) is 2.76. The molecular weight excluding hydrogens is 258 g/mol. The molecule has 0 bridgehead atoms. The SMILES string of the molecule is COCc1cccc(Oc2nccc(C)c2C(=O)O)c1. The zero-order valence-electron chi connectivity index (χ0n) is 11.3. The van der Waals surface area contributed by atoms with E-state index in [1.807, 2.05) is 12.1 Å². The molecule has 0 spiro atoms. The molecular formula is C15H15NO4. The van der Waals surface area contributed by atoms with E-state index in [-0.39, 0.29) is 11.4 Å². The second-order valence-corrected chi connectivity index (χ2v) is 4.30. The first-order valence-electron chi connectivity index (χ1n) is 6.06. The fourth-order valence-corrected chi connectivity index (χ4v) is 1.85. The molecule has 5 heteroatoms. The highest BCUT2D eigenvalue weighted by Gasteiger charge is 2.16. The number of aromatic carboxylic acids is 1. The molecule has 1 aromatic heterocycles. The number of methoxy groups -OCH3 is 1. The third kappa shape index (κ3) is 3.13. The lowest BCUT2D eigenvalue weighted by molar-refractivity contribution is 0.0692. The summed E-state index contributed by atoms with van der Waals surface area (Å²) < 4.78 is 10.6. The average Bonchev–Trinajstić information content (AvgIpc) is 2.39. The number of carboxylic acids is 1. The van der Waals surface area contributed by atoms with E-state index < -0.39 is 5.97 Å². The molecule has 1 heterocycles. The summed E-state index contributed by atoms with van der Waals surface area (Å²) in [6.07, 6.45) is 1.52. The van der Waals surface area contributed by atoms with Crippen LogP contribution in [-0.4, -0.2) is 23.2 Å². The standard InChI is InChI=1S/C15H15NO4/c1-10-6-7-16-14(13(10)15(17)18)20-12-5-3-4-11(8-12)9-19-2/h3-8H,9H2,1-2H3,(H,17,18). The molecule has 5 nitrogen and oxygen atoms in total. The van der Waals surface area contributed by atoms with Gasteiger partial charge in [-0.05, 0) is 36.2 Å². The van der Waals surface area contributed by atoms with Gasteiger partial charge in [-0.25, -0.2) is 9.78 Å². The molecule has 0 unspecified atom stereocenters. The zero-order valence-corrected chi connectivity index (χ0v) is 11.3. The highest BCUT2D eigenvalue weighted by atomic mass is 16.5. The first-order valence-corrected chi connectivity index (χ1v) is 6.06. The van der Waals surface area contributed by atoms with Crippen molar-refractivity contribution in [2.75, 3.05) is 7.11 Å². The number of carbonyl (C=O) groups is 1. The highest BCUT2D eigenvalue weighted by molar-refractivity contribution is 5.91. The van der Waals surface area contributed by atoms with E-state index in [1.165, 1.54) is 6.20 Å². The number of pyridine rings is 1. The molecule has 0 radical (unpaired) electrons. The topological polar surface area (TPSA) is 68.7 Å². The molecule has 1 N–H and O–H groups in total. The van der Waals surface area contributed by atoms with Gasteiger partial charge in [0.05, 0.1) is 6.61 Å². The van der Waals surface area contributed by atoms with Crippen molar-refractivity contribution >= 4 is 5.97 Å². The molecule has 0 aliphatic carbocycles. The molecule has 0 aliphatic rings. The minimum Gasteiger partial charge on any atom is -0.477 e. The van der Waals surface area contributed by atoms with Crippen LogP contribution in [0.15, 0.2) is 36.5 Å². The summed E-state index contributed by atoms with van der Waals surface area (Å²) in [6.45, 7) is 2.17. The summed E-state index contributed by atoms with van der Waals surface area (Å²) >= 11 is 0. The number of benzene rings is 1. The second kappa shape index (κ2) is 6.16. The quantitative estimate of drug-likeness (QED) is 0.906. The summed E-state index contributed by atoms with van der Waals surface area (Å²) in [5.41, 5.74) is 1.62. The Balaban J connectivity index is 2.32. The summed E-state index contributed by atoms with van der Waals surface area (Å²) in [6, 6.07) is 8.89. The monoisotopic (exact) mass is 273 g/mol. The maximum absolute atomic E-state index is 11.3. The Labute approximate surface area is 116 Å². The molecule has 0 atom stereocenters. The smallest absolute Gasteiger partial charge is 0.341 e. The van der Waals surface area contributed by atoms with Crippen LogP contribution >= 0.6 is 0 Å². The van der Waals surface area contributed by atoms with Crippen molar-refractivity contribution in [3.63, 3.8) is 0 Å². The van der Waals surface area contributed by atoms with Gasteiger partial charge in [0, 0.05) is 13.3 Å². The van der Waals surface area contributed by atoms with Crippen LogP contribution in [0.5, 0.6) is 11.6 Å². The largest absolute Gasteiger partial charge is 0.477 e. The number of hydrogen-bond acceptors (Lipinski definition) is 4. The fourth-order valence-electron chi connectivity index (χ4n) is 1.85. The van der Waals surface area contributed by atoms with Crippen molar-refractivity contribution in [2.45, 2.75) is 13.5 Å². The van der Waals surface area contributed by atoms with E-state index >= 15 is 0 Å². The predicted octanol–water partition coefficient (Wildman–Crippen LogP) is 3.03. The highest BCUT2D eigenvalue weighted by Crippen LogP contribution is 2.26. The van der Waals surface area contributed by atoms with E-state index in [0.717, 1.165) is 5.56 Å². The van der Waals surface area contributed by atoms with Gasteiger partial charge in [0.1, 0.15) is 11.3 Å². The van der Waals surface area contributed by atoms with Gasteiger partial charge < -0.3 is 14.6 Å². The Morgan fingerprint density at radius 3 is 2.85 bits per heavy atom. The van der Waals surface area contributed by atoms with Crippen LogP contribution in [0.2, 0.25) is 0 Å². The average molecular weight is 273 g/mol. The van der Waals surface area contributed by atoms with E-state index in [0.29, 0.717) is 17.9 Å². The molecule has 2 aromatic rings. The zero-order chi connectivity index (χ0) is 14.5. The van der Waals surface area contributed by atoms with Gasteiger partial charge >= 0.3 is 5.97 Å². The van der Waals surface area contributed by atoms with Crippen LogP contribution < -0.4 is 4.74 Å². The number of rotatable bonds is 5. The van der Waals surface area contributed by atoms with Crippen molar-refractivity contribution in [1.82, 2.24) is 4.98 Å². The van der Waals surface area contributed by atoms with Gasteiger partial charge in [0.15, 0.2) is 0 Å². The first kappa shape index (κ1) is 14.0. The Hall–Kier alpha value is -2.40. The number of aryl methyl sites for hydroxylation is 1. The molecule has 0 aliphatic heterocycles. The molecule has 0 amide bonds. The van der Waals surface area contributed by atoms with Crippen molar-refractivity contribution in [1.29, 1.82) is 0 Å². The van der Waals surface area contributed by atoms with Crippen LogP contribution in [0.4, 0.5) is 0 Å². The summed E-state index contributed by atoms with van der Waals surface area (Å²) in [7, 11) is 1.61. The normalized spacial score (nSPS) is 10.3. The van der Waals surface area contributed by atoms with Crippen molar-refractivity contribution in [3.8, 4) is 11.6 Å². The Morgan fingerprint density at radius 2 is 2.15 bits per heavy atom. The summed E-state index contributed by atoms with van der Waals surface area (Å²) in [4.78, 5) is 15.3. The van der Waals surface area contributed by atoms with Crippen molar-refractivity contribution in [3.05, 3.63) is 53.2 Å². The molecule has 0 fully saturated rings. The van der Waals surface area contributed by atoms with Gasteiger partial charge in [-0.1, -0.05) is 12.1 Å². The Kier molecular flexibility index (Phi) is 4.32. The number of ether oxygens (including phenoxy) is 2. The number of aromatic nitrogens is 1. The van der Waals surface area contributed by atoms with E-state index in [1.54, 1.807) is 32.2 Å². The van der Waals surface area contributed by atoms with E-state index in [9.17, 15) is 9.90 Å². The van der Waals surface area contributed by atoms with E-state index in [4.69, 9.17) is 9.47 Å². The second-order valence-electron chi connectivity index (χ2n) is 4.30. The Bertz CT molecular complexity index is 625. The number of hydrogen-bond donors (Lipinski definition) is 1. The van der Waals surface area contributed by atoms with Crippen LogP contribution in [-0.2, 0) is 11.3 Å². The lowest BCUT2D eigenvalue weighted by Crippen LogP contribution is -2.04. The summed E-state index contributed by atoms with van der Waals surface area (Å²) in [5, 5.41) is 9.22. The molecule has 1 aromatic carbocycles. The van der Waals surface area contributed by atoms with Crippen LogP contribution in [0, 0.1) is 6.92 Å². The molecule has 104 valence electrons.